The highest BCUT2D eigenvalue weighted by Gasteiger charge is 2.33. The first-order valence-corrected chi connectivity index (χ1v) is 16.4. The zero-order valence-corrected chi connectivity index (χ0v) is 26.6. The highest BCUT2D eigenvalue weighted by molar-refractivity contribution is 7.99. The molecule has 1 N–H and O–H groups in total. The Kier molecular flexibility index (Phi) is 9.37. The van der Waals surface area contributed by atoms with Gasteiger partial charge in [-0.3, -0.25) is 14.2 Å². The van der Waals surface area contributed by atoms with Crippen LogP contribution in [-0.4, -0.2) is 49.7 Å². The van der Waals surface area contributed by atoms with Gasteiger partial charge >= 0.3 is 0 Å². The SMILES string of the molecule is Cc1ccc([C@@H]2CC(c3cccs3)=NN2C(=O)CSc2nnc(CNC(=O)COc3ccccc3)n2-c2cccc(C)c2)cc1. The minimum absolute atomic E-state index is 0.116. The average molecular weight is 637 g/mol. The molecule has 0 aliphatic carbocycles. The largest absolute Gasteiger partial charge is 0.484 e. The minimum Gasteiger partial charge on any atom is -0.484 e. The second-order valence-corrected chi connectivity index (χ2v) is 12.5. The number of nitrogens with zero attached hydrogens (tertiary/aromatic N) is 5. The van der Waals surface area contributed by atoms with E-state index >= 15 is 0 Å². The number of rotatable bonds is 11. The van der Waals surface area contributed by atoms with Gasteiger partial charge < -0.3 is 10.1 Å². The summed E-state index contributed by atoms with van der Waals surface area (Å²) in [6.07, 6.45) is 0.650. The lowest BCUT2D eigenvalue weighted by atomic mass is 10.00. The Bertz CT molecular complexity index is 1800. The first-order chi connectivity index (χ1) is 21.9. The van der Waals surface area contributed by atoms with E-state index in [1.54, 1.807) is 28.5 Å². The molecule has 45 heavy (non-hydrogen) atoms. The highest BCUT2D eigenvalue weighted by Crippen LogP contribution is 2.35. The van der Waals surface area contributed by atoms with Crippen molar-refractivity contribution in [2.45, 2.75) is 38.0 Å². The van der Waals surface area contributed by atoms with Crippen molar-refractivity contribution in [3.05, 3.63) is 124 Å². The Balaban J connectivity index is 1.19. The van der Waals surface area contributed by atoms with Crippen LogP contribution in [0.1, 0.15) is 39.9 Å². The number of amides is 2. The summed E-state index contributed by atoms with van der Waals surface area (Å²) in [5.74, 6) is 0.875. The molecule has 0 fully saturated rings. The van der Waals surface area contributed by atoms with E-state index in [1.807, 2.05) is 78.4 Å². The molecule has 228 valence electrons. The smallest absolute Gasteiger partial charge is 0.258 e. The second-order valence-electron chi connectivity index (χ2n) is 10.6. The number of thiophene rings is 1. The molecule has 2 aromatic heterocycles. The molecule has 1 aliphatic heterocycles. The van der Waals surface area contributed by atoms with Gasteiger partial charge in [0.15, 0.2) is 17.6 Å². The molecule has 6 rings (SSSR count). The van der Waals surface area contributed by atoms with Crippen LogP contribution in [0.15, 0.2) is 107 Å². The van der Waals surface area contributed by atoms with E-state index in [9.17, 15) is 9.59 Å². The average Bonchev–Trinajstić information content (AvgIpc) is 3.83. The summed E-state index contributed by atoms with van der Waals surface area (Å²) in [4.78, 5) is 27.4. The first-order valence-electron chi connectivity index (χ1n) is 14.5. The predicted molar refractivity (Wildman–Crippen MR) is 177 cm³/mol. The van der Waals surface area contributed by atoms with Gasteiger partial charge in [0, 0.05) is 12.1 Å². The lowest BCUT2D eigenvalue weighted by molar-refractivity contribution is -0.130. The Morgan fingerprint density at radius 1 is 0.956 bits per heavy atom. The van der Waals surface area contributed by atoms with Crippen molar-refractivity contribution >= 4 is 40.6 Å². The summed E-state index contributed by atoms with van der Waals surface area (Å²) in [7, 11) is 0. The van der Waals surface area contributed by atoms with Crippen molar-refractivity contribution in [2.75, 3.05) is 12.4 Å². The van der Waals surface area contributed by atoms with Crippen molar-refractivity contribution in [2.24, 2.45) is 5.10 Å². The van der Waals surface area contributed by atoms with E-state index in [0.29, 0.717) is 23.2 Å². The van der Waals surface area contributed by atoms with Crippen LogP contribution in [0.4, 0.5) is 0 Å². The molecule has 1 atom stereocenters. The number of benzene rings is 3. The third-order valence-corrected chi connectivity index (χ3v) is 9.11. The summed E-state index contributed by atoms with van der Waals surface area (Å²) >= 11 is 2.92. The van der Waals surface area contributed by atoms with E-state index in [1.165, 1.54) is 11.8 Å². The van der Waals surface area contributed by atoms with Gasteiger partial charge in [0.1, 0.15) is 5.75 Å². The molecule has 0 spiro atoms. The van der Waals surface area contributed by atoms with E-state index < -0.39 is 0 Å². The molecule has 0 saturated carbocycles. The number of ether oxygens (including phenoxy) is 1. The van der Waals surface area contributed by atoms with Gasteiger partial charge in [-0.15, -0.1) is 21.5 Å². The number of hydrogen-bond donors (Lipinski definition) is 1. The maximum Gasteiger partial charge on any atom is 0.258 e. The number of thioether (sulfide) groups is 1. The zero-order valence-electron chi connectivity index (χ0n) is 24.9. The highest BCUT2D eigenvalue weighted by atomic mass is 32.2. The second kappa shape index (κ2) is 13.9. The Morgan fingerprint density at radius 3 is 2.53 bits per heavy atom. The summed E-state index contributed by atoms with van der Waals surface area (Å²) in [6, 6.07) is 29.2. The number of nitrogens with one attached hydrogen (secondary N) is 1. The van der Waals surface area contributed by atoms with Gasteiger partial charge in [-0.05, 0) is 60.7 Å². The molecule has 3 heterocycles. The molecule has 0 unspecified atom stereocenters. The van der Waals surface area contributed by atoms with Gasteiger partial charge in [0.2, 0.25) is 0 Å². The van der Waals surface area contributed by atoms with Crippen molar-refractivity contribution < 1.29 is 14.3 Å². The van der Waals surface area contributed by atoms with Crippen LogP contribution >= 0.6 is 23.1 Å². The molecule has 0 radical (unpaired) electrons. The molecule has 1 aliphatic rings. The van der Waals surface area contributed by atoms with Gasteiger partial charge in [-0.2, -0.15) is 5.10 Å². The van der Waals surface area contributed by atoms with Crippen molar-refractivity contribution in [3.8, 4) is 11.4 Å². The van der Waals surface area contributed by atoms with E-state index in [-0.39, 0.29) is 36.8 Å². The van der Waals surface area contributed by atoms with Crippen molar-refractivity contribution in [1.82, 2.24) is 25.1 Å². The Morgan fingerprint density at radius 2 is 1.78 bits per heavy atom. The van der Waals surface area contributed by atoms with Gasteiger partial charge in [-0.1, -0.05) is 78.0 Å². The number of aromatic nitrogens is 3. The molecule has 5 aromatic rings. The monoisotopic (exact) mass is 636 g/mol. The van der Waals surface area contributed by atoms with Crippen LogP contribution < -0.4 is 10.1 Å². The van der Waals surface area contributed by atoms with Crippen LogP contribution in [-0.2, 0) is 16.1 Å². The van der Waals surface area contributed by atoms with Gasteiger partial charge in [0.05, 0.1) is 28.9 Å². The third kappa shape index (κ3) is 7.33. The quantitative estimate of drug-likeness (QED) is 0.176. The predicted octanol–water partition coefficient (Wildman–Crippen LogP) is 6.11. The summed E-state index contributed by atoms with van der Waals surface area (Å²) < 4.78 is 7.45. The normalized spacial score (nSPS) is 14.3. The molecule has 0 bridgehead atoms. The van der Waals surface area contributed by atoms with Crippen molar-refractivity contribution in [3.63, 3.8) is 0 Å². The number of hydrogen-bond acceptors (Lipinski definition) is 8. The lowest BCUT2D eigenvalue weighted by Crippen LogP contribution is -2.29. The van der Waals surface area contributed by atoms with E-state index in [2.05, 4.69) is 39.8 Å². The molecular formula is C34H32N6O3S2. The van der Waals surface area contributed by atoms with Gasteiger partial charge in [-0.25, -0.2) is 5.01 Å². The number of carbonyl (C=O) groups is 2. The number of aryl methyl sites for hydroxylation is 2. The molecular weight excluding hydrogens is 605 g/mol. The molecule has 3 aromatic carbocycles. The molecule has 9 nitrogen and oxygen atoms in total. The van der Waals surface area contributed by atoms with Crippen LogP contribution in [0.3, 0.4) is 0 Å². The Labute approximate surface area is 270 Å². The fraction of sp³-hybridized carbons (Fsp3) is 0.206. The first kappa shape index (κ1) is 30.3. The molecule has 11 heteroatoms. The molecule has 2 amide bonds. The van der Waals surface area contributed by atoms with E-state index in [0.717, 1.165) is 33.0 Å². The third-order valence-electron chi connectivity index (χ3n) is 7.28. The molecule has 0 saturated heterocycles. The summed E-state index contributed by atoms with van der Waals surface area (Å²) in [6.45, 7) is 4.08. The maximum absolute atomic E-state index is 13.8. The van der Waals surface area contributed by atoms with Crippen molar-refractivity contribution in [1.29, 1.82) is 0 Å². The fourth-order valence-corrected chi connectivity index (χ4v) is 6.55. The topological polar surface area (TPSA) is 102 Å². The van der Waals surface area contributed by atoms with Crippen LogP contribution in [0, 0.1) is 13.8 Å². The standard InChI is InChI=1S/C34H32N6O3S2/c1-23-13-15-25(16-14-23)29-19-28(30-12-7-17-44-30)38-40(29)33(42)22-45-34-37-36-31(39(34)26-9-6-8-24(2)18-26)20-35-32(41)21-43-27-10-4-3-5-11-27/h3-18,29H,19-22H2,1-2H3,(H,35,41)/t29-/m0/s1. The maximum atomic E-state index is 13.8. The fourth-order valence-electron chi connectivity index (χ4n) is 5.00. The van der Waals surface area contributed by atoms with Crippen LogP contribution in [0.25, 0.3) is 5.69 Å². The van der Waals surface area contributed by atoms with Crippen LogP contribution in [0.2, 0.25) is 0 Å². The summed E-state index contributed by atoms with van der Waals surface area (Å²) in [5.41, 5.74) is 5.03. The Hall–Kier alpha value is -4.74. The lowest BCUT2D eigenvalue weighted by Gasteiger charge is -2.22. The number of carbonyl (C=O) groups excluding carboxylic acids is 2. The minimum atomic E-state index is -0.280. The number of para-hydroxylation sites is 1. The number of hydrazone groups is 1. The zero-order chi connectivity index (χ0) is 31.2. The summed E-state index contributed by atoms with van der Waals surface area (Å²) in [5, 5.41) is 20.7. The van der Waals surface area contributed by atoms with E-state index in [4.69, 9.17) is 9.84 Å². The van der Waals surface area contributed by atoms with Gasteiger partial charge in [0.25, 0.3) is 11.8 Å². The van der Waals surface area contributed by atoms with Crippen LogP contribution in [0.5, 0.6) is 5.75 Å².